The number of nitrogen functional groups attached to an aromatic ring is 1. The van der Waals surface area contributed by atoms with Gasteiger partial charge in [0.05, 0.1) is 18.8 Å². The molecule has 0 atom stereocenters. The molecule has 0 saturated carbocycles. The van der Waals surface area contributed by atoms with E-state index in [1.165, 1.54) is 6.92 Å². The first kappa shape index (κ1) is 11.5. The van der Waals surface area contributed by atoms with Crippen molar-refractivity contribution in [2.24, 2.45) is 0 Å². The maximum atomic E-state index is 11.9. The minimum absolute atomic E-state index is 0.113. The summed E-state index contributed by atoms with van der Waals surface area (Å²) in [5.41, 5.74) is 6.50. The Morgan fingerprint density at radius 2 is 2.27 bits per heavy atom. The van der Waals surface area contributed by atoms with E-state index in [0.29, 0.717) is 23.4 Å². The van der Waals surface area contributed by atoms with Crippen LogP contribution in [-0.4, -0.2) is 19.1 Å². The summed E-state index contributed by atoms with van der Waals surface area (Å²) in [5, 5.41) is 0. The zero-order valence-electron chi connectivity index (χ0n) is 8.63. The fourth-order valence-electron chi connectivity index (χ4n) is 1.19. The van der Waals surface area contributed by atoms with Gasteiger partial charge in [0.15, 0.2) is 5.78 Å². The van der Waals surface area contributed by atoms with Crippen molar-refractivity contribution in [3.8, 4) is 5.75 Å². The summed E-state index contributed by atoms with van der Waals surface area (Å²) in [6.45, 7) is 1.28. The smallest absolute Gasteiger partial charge is 0.163 e. The summed E-state index contributed by atoms with van der Waals surface area (Å²) in [6.07, 6.45) is 0.321. The third-order valence-corrected chi connectivity index (χ3v) is 1.92. The highest BCUT2D eigenvalue weighted by Gasteiger charge is 2.08. The highest BCUT2D eigenvalue weighted by atomic mass is 19.1. The molecule has 0 heterocycles. The number of alkyl halides is 1. The second-order valence-corrected chi connectivity index (χ2v) is 3.20. The Bertz CT molecular complexity index is 352. The third-order valence-electron chi connectivity index (χ3n) is 1.92. The number of nitrogens with two attached hydrogens (primary N) is 1. The van der Waals surface area contributed by atoms with E-state index < -0.39 is 6.67 Å². The molecule has 0 bridgehead atoms. The van der Waals surface area contributed by atoms with Gasteiger partial charge in [0.25, 0.3) is 0 Å². The van der Waals surface area contributed by atoms with Crippen LogP contribution in [0.1, 0.15) is 23.7 Å². The van der Waals surface area contributed by atoms with E-state index in [0.717, 1.165) is 0 Å². The van der Waals surface area contributed by atoms with Crippen LogP contribution in [0.2, 0.25) is 0 Å². The Labute approximate surface area is 88.0 Å². The van der Waals surface area contributed by atoms with Crippen LogP contribution in [0.25, 0.3) is 0 Å². The monoisotopic (exact) mass is 211 g/mol. The number of carbonyl (C=O) groups excluding carboxylic acids is 1. The van der Waals surface area contributed by atoms with Gasteiger partial charge in [0.1, 0.15) is 5.75 Å². The summed E-state index contributed by atoms with van der Waals surface area (Å²) >= 11 is 0. The first-order chi connectivity index (χ1) is 7.15. The number of Topliss-reactive ketones (excluding diaryl/α,β-unsaturated/α-hetero) is 1. The molecule has 0 spiro atoms. The standard InChI is InChI=1S/C11H14FNO2/c1-8(14)10-7-9(13)3-4-11(10)15-6-2-5-12/h3-4,7H,2,5-6,13H2,1H3. The molecule has 2 N–H and O–H groups in total. The van der Waals surface area contributed by atoms with Crippen LogP contribution in [0.3, 0.4) is 0 Å². The largest absolute Gasteiger partial charge is 0.493 e. The summed E-state index contributed by atoms with van der Waals surface area (Å²) < 4.78 is 17.1. The molecule has 0 aliphatic heterocycles. The molecule has 0 unspecified atom stereocenters. The molecule has 0 amide bonds. The summed E-state index contributed by atoms with van der Waals surface area (Å²) in [4.78, 5) is 11.2. The fraction of sp³-hybridized carbons (Fsp3) is 0.364. The number of rotatable bonds is 5. The van der Waals surface area contributed by atoms with Crippen molar-refractivity contribution in [3.63, 3.8) is 0 Å². The SMILES string of the molecule is CC(=O)c1cc(N)ccc1OCCCF. The van der Waals surface area contributed by atoms with Crippen molar-refractivity contribution in [1.82, 2.24) is 0 Å². The predicted octanol–water partition coefficient (Wildman–Crippen LogP) is 2.21. The molecule has 82 valence electrons. The average molecular weight is 211 g/mol. The lowest BCUT2D eigenvalue weighted by molar-refractivity contribution is 0.101. The number of anilines is 1. The number of halogens is 1. The number of ketones is 1. The molecule has 0 aliphatic rings. The molecule has 0 radical (unpaired) electrons. The highest BCUT2D eigenvalue weighted by Crippen LogP contribution is 2.22. The fourth-order valence-corrected chi connectivity index (χ4v) is 1.19. The quantitative estimate of drug-likeness (QED) is 0.461. The molecule has 1 aromatic rings. The predicted molar refractivity (Wildman–Crippen MR) is 56.9 cm³/mol. The van der Waals surface area contributed by atoms with E-state index in [2.05, 4.69) is 0 Å². The van der Waals surface area contributed by atoms with Crippen molar-refractivity contribution < 1.29 is 13.9 Å². The number of carbonyl (C=O) groups is 1. The van der Waals surface area contributed by atoms with E-state index in [-0.39, 0.29) is 12.4 Å². The van der Waals surface area contributed by atoms with Gasteiger partial charge in [-0.25, -0.2) is 0 Å². The van der Waals surface area contributed by atoms with Crippen LogP contribution < -0.4 is 10.5 Å². The van der Waals surface area contributed by atoms with Gasteiger partial charge in [0.2, 0.25) is 0 Å². The van der Waals surface area contributed by atoms with Crippen LogP contribution in [0.4, 0.5) is 10.1 Å². The zero-order chi connectivity index (χ0) is 11.3. The van der Waals surface area contributed by atoms with Crippen LogP contribution >= 0.6 is 0 Å². The van der Waals surface area contributed by atoms with Gasteiger partial charge < -0.3 is 10.5 Å². The lowest BCUT2D eigenvalue weighted by Crippen LogP contribution is -2.04. The number of ether oxygens (including phenoxy) is 1. The molecule has 4 heteroatoms. The van der Waals surface area contributed by atoms with Gasteiger partial charge in [-0.3, -0.25) is 9.18 Å². The zero-order valence-corrected chi connectivity index (χ0v) is 8.63. The van der Waals surface area contributed by atoms with Gasteiger partial charge in [-0.15, -0.1) is 0 Å². The lowest BCUT2D eigenvalue weighted by atomic mass is 10.1. The number of hydrogen-bond acceptors (Lipinski definition) is 3. The molecular weight excluding hydrogens is 197 g/mol. The van der Waals surface area contributed by atoms with Gasteiger partial charge >= 0.3 is 0 Å². The van der Waals surface area contributed by atoms with E-state index >= 15 is 0 Å². The van der Waals surface area contributed by atoms with Gasteiger partial charge in [-0.2, -0.15) is 0 Å². The Hall–Kier alpha value is -1.58. The minimum Gasteiger partial charge on any atom is -0.493 e. The van der Waals surface area contributed by atoms with Crippen molar-refractivity contribution in [3.05, 3.63) is 23.8 Å². The molecule has 1 aromatic carbocycles. The molecule has 15 heavy (non-hydrogen) atoms. The summed E-state index contributed by atoms with van der Waals surface area (Å²) in [7, 11) is 0. The van der Waals surface area contributed by atoms with Gasteiger partial charge in [-0.1, -0.05) is 0 Å². The van der Waals surface area contributed by atoms with E-state index in [1.807, 2.05) is 0 Å². The molecule has 0 saturated heterocycles. The third kappa shape index (κ3) is 3.23. The topological polar surface area (TPSA) is 52.3 Å². The van der Waals surface area contributed by atoms with Crippen LogP contribution in [-0.2, 0) is 0 Å². The van der Waals surface area contributed by atoms with Crippen molar-refractivity contribution in [2.75, 3.05) is 19.0 Å². The Morgan fingerprint density at radius 1 is 1.53 bits per heavy atom. The lowest BCUT2D eigenvalue weighted by Gasteiger charge is -2.09. The molecule has 3 nitrogen and oxygen atoms in total. The van der Waals surface area contributed by atoms with Crippen molar-refractivity contribution in [1.29, 1.82) is 0 Å². The average Bonchev–Trinajstić information content (AvgIpc) is 2.20. The number of benzene rings is 1. The van der Waals surface area contributed by atoms with Crippen LogP contribution in [0.5, 0.6) is 5.75 Å². The van der Waals surface area contributed by atoms with Crippen LogP contribution in [0, 0.1) is 0 Å². The summed E-state index contributed by atoms with van der Waals surface area (Å²) in [6, 6.07) is 4.84. The van der Waals surface area contributed by atoms with Crippen molar-refractivity contribution in [2.45, 2.75) is 13.3 Å². The minimum atomic E-state index is -0.426. The maximum Gasteiger partial charge on any atom is 0.163 e. The summed E-state index contributed by atoms with van der Waals surface area (Å²) in [5.74, 6) is 0.350. The first-order valence-corrected chi connectivity index (χ1v) is 4.74. The Morgan fingerprint density at radius 3 is 2.87 bits per heavy atom. The number of hydrogen-bond donors (Lipinski definition) is 1. The van der Waals surface area contributed by atoms with E-state index in [4.69, 9.17) is 10.5 Å². The highest BCUT2D eigenvalue weighted by molar-refractivity contribution is 5.97. The van der Waals surface area contributed by atoms with Crippen molar-refractivity contribution >= 4 is 11.5 Å². The Balaban J connectivity index is 2.81. The molecule has 1 rings (SSSR count). The first-order valence-electron chi connectivity index (χ1n) is 4.74. The molecule has 0 aromatic heterocycles. The van der Waals surface area contributed by atoms with Gasteiger partial charge in [-0.05, 0) is 25.1 Å². The van der Waals surface area contributed by atoms with Crippen LogP contribution in [0.15, 0.2) is 18.2 Å². The van der Waals surface area contributed by atoms with E-state index in [1.54, 1.807) is 18.2 Å². The second kappa shape index (κ2) is 5.34. The second-order valence-electron chi connectivity index (χ2n) is 3.20. The maximum absolute atomic E-state index is 11.9. The normalized spacial score (nSPS) is 10.0. The van der Waals surface area contributed by atoms with Gasteiger partial charge in [0, 0.05) is 12.1 Å². The Kier molecular flexibility index (Phi) is 4.09. The van der Waals surface area contributed by atoms with E-state index in [9.17, 15) is 9.18 Å². The molecular formula is C11H14FNO2. The molecule has 0 fully saturated rings. The molecule has 0 aliphatic carbocycles.